The first-order chi connectivity index (χ1) is 14.5. The SMILES string of the molecule is O=c1[nH]c2cc(Cl)ccc2n1C1CCN(CCCNc2ccccc2[N+](=O)[O-])CC1. The third-order valence-electron chi connectivity index (χ3n) is 5.67. The van der Waals surface area contributed by atoms with Crippen molar-refractivity contribution < 1.29 is 4.92 Å². The summed E-state index contributed by atoms with van der Waals surface area (Å²) in [7, 11) is 0. The summed E-state index contributed by atoms with van der Waals surface area (Å²) >= 11 is 6.03. The number of nitrogens with zero attached hydrogens (tertiary/aromatic N) is 3. The lowest BCUT2D eigenvalue weighted by atomic mass is 10.0. The van der Waals surface area contributed by atoms with E-state index >= 15 is 0 Å². The van der Waals surface area contributed by atoms with Crippen LogP contribution in [0.4, 0.5) is 11.4 Å². The molecule has 0 spiro atoms. The fourth-order valence-corrected chi connectivity index (χ4v) is 4.35. The van der Waals surface area contributed by atoms with Crippen LogP contribution in [0.2, 0.25) is 5.02 Å². The molecule has 1 fully saturated rings. The third-order valence-corrected chi connectivity index (χ3v) is 5.90. The van der Waals surface area contributed by atoms with Gasteiger partial charge in [0.25, 0.3) is 5.69 Å². The number of imidazole rings is 1. The van der Waals surface area contributed by atoms with Gasteiger partial charge in [0.15, 0.2) is 0 Å². The van der Waals surface area contributed by atoms with Crippen LogP contribution in [0.5, 0.6) is 0 Å². The van der Waals surface area contributed by atoms with Crippen molar-refractivity contribution in [1.82, 2.24) is 14.5 Å². The molecule has 4 rings (SSSR count). The first-order valence-corrected chi connectivity index (χ1v) is 10.5. The number of rotatable bonds is 7. The summed E-state index contributed by atoms with van der Waals surface area (Å²) in [5, 5.41) is 14.9. The van der Waals surface area contributed by atoms with Gasteiger partial charge in [-0.1, -0.05) is 23.7 Å². The standard InChI is InChI=1S/C21H24ClN5O3/c22-15-6-7-19-18(14-15)24-21(28)26(19)16-8-12-25(13-9-16)11-3-10-23-17-4-1-2-5-20(17)27(29)30/h1-2,4-7,14,16,23H,3,8-13H2,(H,24,28). The molecule has 0 radical (unpaired) electrons. The number of benzene rings is 2. The van der Waals surface area contributed by atoms with Crippen LogP contribution in [0.15, 0.2) is 47.3 Å². The maximum absolute atomic E-state index is 12.4. The number of aromatic amines is 1. The second-order valence-corrected chi connectivity index (χ2v) is 8.03. The molecule has 1 aromatic heterocycles. The van der Waals surface area contributed by atoms with E-state index in [0.29, 0.717) is 17.3 Å². The molecule has 0 saturated carbocycles. The Morgan fingerprint density at radius 3 is 2.73 bits per heavy atom. The van der Waals surface area contributed by atoms with Crippen LogP contribution in [-0.2, 0) is 0 Å². The van der Waals surface area contributed by atoms with Gasteiger partial charge in [-0.25, -0.2) is 4.79 Å². The Morgan fingerprint density at radius 2 is 1.97 bits per heavy atom. The fraction of sp³-hybridized carbons (Fsp3) is 0.381. The van der Waals surface area contributed by atoms with E-state index in [4.69, 9.17) is 11.6 Å². The summed E-state index contributed by atoms with van der Waals surface area (Å²) in [5.41, 5.74) is 2.25. The number of aromatic nitrogens is 2. The average molecular weight is 430 g/mol. The van der Waals surface area contributed by atoms with Crippen molar-refractivity contribution in [3.63, 3.8) is 0 Å². The molecule has 3 aromatic rings. The molecule has 30 heavy (non-hydrogen) atoms. The topological polar surface area (TPSA) is 96.2 Å². The van der Waals surface area contributed by atoms with Gasteiger partial charge in [-0.15, -0.1) is 0 Å². The predicted octanol–water partition coefficient (Wildman–Crippen LogP) is 4.03. The number of nitro benzene ring substituents is 1. The highest BCUT2D eigenvalue weighted by atomic mass is 35.5. The zero-order valence-electron chi connectivity index (χ0n) is 16.5. The number of hydrogen-bond acceptors (Lipinski definition) is 5. The molecule has 9 heteroatoms. The van der Waals surface area contributed by atoms with E-state index in [0.717, 1.165) is 49.9 Å². The van der Waals surface area contributed by atoms with E-state index in [1.807, 2.05) is 16.7 Å². The summed E-state index contributed by atoms with van der Waals surface area (Å²) in [6, 6.07) is 12.4. The van der Waals surface area contributed by atoms with E-state index in [1.165, 1.54) is 6.07 Å². The van der Waals surface area contributed by atoms with Crippen LogP contribution in [-0.4, -0.2) is 45.6 Å². The lowest BCUT2D eigenvalue weighted by molar-refractivity contribution is -0.384. The van der Waals surface area contributed by atoms with E-state index in [-0.39, 0.29) is 22.3 Å². The Morgan fingerprint density at radius 1 is 1.20 bits per heavy atom. The highest BCUT2D eigenvalue weighted by Gasteiger charge is 2.23. The number of halogens is 1. The Balaban J connectivity index is 1.28. The summed E-state index contributed by atoms with van der Waals surface area (Å²) in [5.74, 6) is 0. The highest BCUT2D eigenvalue weighted by Crippen LogP contribution is 2.26. The fourth-order valence-electron chi connectivity index (χ4n) is 4.17. The molecule has 8 nitrogen and oxygen atoms in total. The van der Waals surface area contributed by atoms with E-state index in [9.17, 15) is 14.9 Å². The maximum Gasteiger partial charge on any atom is 0.326 e. The normalized spacial score (nSPS) is 15.5. The molecule has 2 heterocycles. The van der Waals surface area contributed by atoms with Gasteiger partial charge in [0, 0.05) is 36.8 Å². The Bertz CT molecular complexity index is 1100. The lowest BCUT2D eigenvalue weighted by Gasteiger charge is -2.32. The van der Waals surface area contributed by atoms with Crippen molar-refractivity contribution in [2.75, 3.05) is 31.5 Å². The number of nitrogens with one attached hydrogen (secondary N) is 2. The molecular formula is C21H24ClN5O3. The zero-order chi connectivity index (χ0) is 21.1. The molecule has 1 aliphatic heterocycles. The third kappa shape index (κ3) is 4.34. The Labute approximate surface area is 178 Å². The highest BCUT2D eigenvalue weighted by molar-refractivity contribution is 6.31. The van der Waals surface area contributed by atoms with Gasteiger partial charge < -0.3 is 15.2 Å². The molecular weight excluding hydrogens is 406 g/mol. The van der Waals surface area contributed by atoms with Gasteiger partial charge in [0.05, 0.1) is 16.0 Å². The number of nitro groups is 1. The minimum absolute atomic E-state index is 0.0839. The first kappa shape index (κ1) is 20.4. The summed E-state index contributed by atoms with van der Waals surface area (Å²) in [6.45, 7) is 3.43. The van der Waals surface area contributed by atoms with Crippen LogP contribution >= 0.6 is 11.6 Å². The number of H-pyrrole nitrogens is 1. The second-order valence-electron chi connectivity index (χ2n) is 7.59. The van der Waals surface area contributed by atoms with E-state index in [1.54, 1.807) is 24.3 Å². The number of hydrogen-bond donors (Lipinski definition) is 2. The number of anilines is 1. The summed E-state index contributed by atoms with van der Waals surface area (Å²) in [6.07, 6.45) is 2.71. The van der Waals surface area contributed by atoms with Crippen LogP contribution in [0.25, 0.3) is 11.0 Å². The Kier molecular flexibility index (Phi) is 6.06. The predicted molar refractivity (Wildman–Crippen MR) is 118 cm³/mol. The van der Waals surface area contributed by atoms with Crippen molar-refractivity contribution >= 4 is 34.0 Å². The molecule has 0 aliphatic carbocycles. The van der Waals surface area contributed by atoms with Crippen molar-refractivity contribution in [3.05, 3.63) is 68.1 Å². The average Bonchev–Trinajstić information content (AvgIpc) is 3.06. The van der Waals surface area contributed by atoms with Crippen LogP contribution in [0.3, 0.4) is 0 Å². The minimum Gasteiger partial charge on any atom is -0.379 e. The molecule has 0 unspecified atom stereocenters. The van der Waals surface area contributed by atoms with Gasteiger partial charge >= 0.3 is 5.69 Å². The van der Waals surface area contributed by atoms with E-state index < -0.39 is 0 Å². The van der Waals surface area contributed by atoms with Gasteiger partial charge in [-0.2, -0.15) is 0 Å². The van der Waals surface area contributed by atoms with Gasteiger partial charge in [-0.05, 0) is 50.1 Å². The van der Waals surface area contributed by atoms with Crippen molar-refractivity contribution in [3.8, 4) is 0 Å². The van der Waals surface area contributed by atoms with Gasteiger partial charge in [0.2, 0.25) is 0 Å². The summed E-state index contributed by atoms with van der Waals surface area (Å²) < 4.78 is 1.86. The molecule has 2 aromatic carbocycles. The molecule has 158 valence electrons. The molecule has 0 atom stereocenters. The van der Waals surface area contributed by atoms with Crippen molar-refractivity contribution in [1.29, 1.82) is 0 Å². The molecule has 2 N–H and O–H groups in total. The van der Waals surface area contributed by atoms with E-state index in [2.05, 4.69) is 15.2 Å². The number of piperidine rings is 1. The Hall–Kier alpha value is -2.84. The largest absolute Gasteiger partial charge is 0.379 e. The molecule has 0 amide bonds. The number of fused-ring (bicyclic) bond motifs is 1. The molecule has 1 aliphatic rings. The smallest absolute Gasteiger partial charge is 0.326 e. The lowest BCUT2D eigenvalue weighted by Crippen LogP contribution is -2.37. The van der Waals surface area contributed by atoms with Crippen molar-refractivity contribution in [2.45, 2.75) is 25.3 Å². The van der Waals surface area contributed by atoms with Crippen LogP contribution in [0.1, 0.15) is 25.3 Å². The van der Waals surface area contributed by atoms with Crippen molar-refractivity contribution in [2.24, 2.45) is 0 Å². The summed E-state index contributed by atoms with van der Waals surface area (Å²) in [4.78, 5) is 28.4. The van der Waals surface area contributed by atoms with Crippen LogP contribution in [0, 0.1) is 10.1 Å². The number of para-hydroxylation sites is 2. The van der Waals surface area contributed by atoms with Gasteiger partial charge in [-0.3, -0.25) is 14.7 Å². The zero-order valence-corrected chi connectivity index (χ0v) is 17.3. The number of likely N-dealkylation sites (tertiary alicyclic amines) is 1. The molecule has 1 saturated heterocycles. The maximum atomic E-state index is 12.4. The second kappa shape index (κ2) is 8.89. The quantitative estimate of drug-likeness (QED) is 0.336. The first-order valence-electron chi connectivity index (χ1n) is 10.1. The minimum atomic E-state index is -0.367. The monoisotopic (exact) mass is 429 g/mol. The van der Waals surface area contributed by atoms with Crippen LogP contribution < -0.4 is 11.0 Å². The molecule has 0 bridgehead atoms. The van der Waals surface area contributed by atoms with Gasteiger partial charge in [0.1, 0.15) is 5.69 Å².